The fourth-order valence-electron chi connectivity index (χ4n) is 2.54. The molecule has 0 aliphatic rings. The fraction of sp³-hybridized carbons (Fsp3) is 0.0435. The van der Waals surface area contributed by atoms with Crippen molar-refractivity contribution in [3.63, 3.8) is 0 Å². The molecule has 0 spiro atoms. The molecule has 5 heteroatoms. The van der Waals surface area contributed by atoms with Crippen LogP contribution in [-0.2, 0) is 6.61 Å². The summed E-state index contributed by atoms with van der Waals surface area (Å²) in [5, 5.41) is 20.9. The van der Waals surface area contributed by atoms with E-state index < -0.39 is 5.97 Å². The molecule has 0 aliphatic carbocycles. The van der Waals surface area contributed by atoms with Crippen LogP contribution in [0.5, 0.6) is 5.75 Å². The molecular formula is C23H15ClNO3-. The largest absolute Gasteiger partial charge is 0.545 e. The van der Waals surface area contributed by atoms with Crippen LogP contribution in [0, 0.1) is 11.3 Å². The third-order valence-electron chi connectivity index (χ3n) is 4.06. The molecule has 0 fully saturated rings. The van der Waals surface area contributed by atoms with Gasteiger partial charge in [0.1, 0.15) is 12.4 Å². The molecule has 4 nitrogen and oxygen atoms in total. The van der Waals surface area contributed by atoms with Gasteiger partial charge < -0.3 is 14.6 Å². The van der Waals surface area contributed by atoms with Gasteiger partial charge in [-0.2, -0.15) is 5.26 Å². The number of nitriles is 1. The molecule has 0 radical (unpaired) electrons. The summed E-state index contributed by atoms with van der Waals surface area (Å²) in [6.45, 7) is 0.431. The summed E-state index contributed by atoms with van der Waals surface area (Å²) in [5.74, 6) is -0.535. The van der Waals surface area contributed by atoms with Crippen molar-refractivity contribution in [2.24, 2.45) is 0 Å². The predicted octanol–water partition coefficient (Wildman–Crippen LogP) is 4.35. The maximum Gasteiger partial charge on any atom is 0.119 e. The van der Waals surface area contributed by atoms with Crippen LogP contribution in [0.1, 0.15) is 27.0 Å². The highest BCUT2D eigenvalue weighted by Gasteiger charge is 2.03. The van der Waals surface area contributed by atoms with E-state index in [1.54, 1.807) is 18.2 Å². The molecule has 0 atom stereocenters. The highest BCUT2D eigenvalue weighted by Crippen LogP contribution is 2.21. The number of carboxylic acids is 1. The zero-order valence-electron chi connectivity index (χ0n) is 14.8. The summed E-state index contributed by atoms with van der Waals surface area (Å²) in [6.07, 6.45) is 1.73. The number of nitrogens with zero attached hydrogens (tertiary/aromatic N) is 1. The first-order chi connectivity index (χ1) is 13.5. The molecule has 3 aromatic rings. The van der Waals surface area contributed by atoms with E-state index in [-0.39, 0.29) is 5.56 Å². The van der Waals surface area contributed by atoms with Gasteiger partial charge in [0, 0.05) is 5.02 Å². The van der Waals surface area contributed by atoms with Crippen LogP contribution in [0.3, 0.4) is 0 Å². The summed E-state index contributed by atoms with van der Waals surface area (Å²) in [4.78, 5) is 10.8. The van der Waals surface area contributed by atoms with E-state index in [9.17, 15) is 15.2 Å². The first-order valence-electron chi connectivity index (χ1n) is 8.46. The lowest BCUT2D eigenvalue weighted by Gasteiger charge is -2.07. The van der Waals surface area contributed by atoms with E-state index in [1.807, 2.05) is 48.5 Å². The van der Waals surface area contributed by atoms with Gasteiger partial charge in [0.2, 0.25) is 0 Å². The molecule has 28 heavy (non-hydrogen) atoms. The standard InChI is InChI=1S/C23H16ClNO3/c24-21-9-1-17(2-10-21)15-28-22-11-3-16(4-12-22)13-20(14-25)18-5-7-19(8-6-18)23(26)27/h1-13H,15H2,(H,26,27)/p-1/b20-13+. The van der Waals surface area contributed by atoms with Gasteiger partial charge in [-0.25, -0.2) is 0 Å². The second kappa shape index (κ2) is 8.90. The second-order valence-electron chi connectivity index (χ2n) is 6.02. The molecule has 3 rings (SSSR count). The number of aromatic carboxylic acids is 1. The van der Waals surface area contributed by atoms with Gasteiger partial charge >= 0.3 is 0 Å². The average Bonchev–Trinajstić information content (AvgIpc) is 2.72. The SMILES string of the molecule is N#C/C(=C\c1ccc(OCc2ccc(Cl)cc2)cc1)c1ccc(C(=O)[O-])cc1. The molecule has 0 aromatic heterocycles. The van der Waals surface area contributed by atoms with Gasteiger partial charge in [0.15, 0.2) is 0 Å². The number of hydrogen-bond donors (Lipinski definition) is 0. The Morgan fingerprint density at radius 1 is 0.964 bits per heavy atom. The molecule has 0 saturated heterocycles. The van der Waals surface area contributed by atoms with E-state index in [0.29, 0.717) is 28.5 Å². The summed E-state index contributed by atoms with van der Waals surface area (Å²) in [6, 6.07) is 23.0. The normalized spacial score (nSPS) is 10.9. The molecule has 0 aliphatic heterocycles. The van der Waals surface area contributed by atoms with Crippen LogP contribution >= 0.6 is 11.6 Å². The number of benzene rings is 3. The van der Waals surface area contributed by atoms with Crippen molar-refractivity contribution >= 4 is 29.2 Å². The number of allylic oxidation sites excluding steroid dienone is 1. The molecule has 0 heterocycles. The number of halogens is 1. The van der Waals surface area contributed by atoms with E-state index in [1.165, 1.54) is 12.1 Å². The number of carboxylic acid groups (broad SMARTS) is 1. The van der Waals surface area contributed by atoms with Crippen LogP contribution in [-0.4, -0.2) is 5.97 Å². The number of ether oxygens (including phenoxy) is 1. The number of rotatable bonds is 6. The highest BCUT2D eigenvalue weighted by atomic mass is 35.5. The molecule has 138 valence electrons. The fourth-order valence-corrected chi connectivity index (χ4v) is 2.67. The summed E-state index contributed by atoms with van der Waals surface area (Å²) < 4.78 is 5.75. The summed E-state index contributed by atoms with van der Waals surface area (Å²) in [5.41, 5.74) is 2.98. The Labute approximate surface area is 167 Å². The minimum absolute atomic E-state index is 0.0724. The van der Waals surface area contributed by atoms with Gasteiger partial charge in [0.25, 0.3) is 0 Å². The van der Waals surface area contributed by atoms with E-state index in [2.05, 4.69) is 6.07 Å². The van der Waals surface area contributed by atoms with Crippen molar-refractivity contribution in [2.75, 3.05) is 0 Å². The topological polar surface area (TPSA) is 73.1 Å². The molecule has 0 unspecified atom stereocenters. The third-order valence-corrected chi connectivity index (χ3v) is 4.31. The second-order valence-corrected chi connectivity index (χ2v) is 6.46. The lowest BCUT2D eigenvalue weighted by atomic mass is 10.0. The first kappa shape index (κ1) is 19.2. The maximum absolute atomic E-state index is 10.8. The van der Waals surface area contributed by atoms with Gasteiger partial charge in [-0.1, -0.05) is 60.1 Å². The molecule has 0 N–H and O–H groups in total. The van der Waals surface area contributed by atoms with Gasteiger partial charge in [-0.15, -0.1) is 0 Å². The van der Waals surface area contributed by atoms with E-state index in [0.717, 1.165) is 11.1 Å². The van der Waals surface area contributed by atoms with Crippen LogP contribution in [0.4, 0.5) is 0 Å². The number of carbonyl (C=O) groups excluding carboxylic acids is 1. The van der Waals surface area contributed by atoms with Crippen molar-refractivity contribution in [1.82, 2.24) is 0 Å². The lowest BCUT2D eigenvalue weighted by molar-refractivity contribution is -0.255. The van der Waals surface area contributed by atoms with Crippen LogP contribution in [0.2, 0.25) is 5.02 Å². The minimum Gasteiger partial charge on any atom is -0.545 e. The maximum atomic E-state index is 10.8. The molecule has 0 bridgehead atoms. The Bertz CT molecular complexity index is 1030. The molecule has 3 aromatic carbocycles. The molecule has 0 amide bonds. The van der Waals surface area contributed by atoms with Gasteiger partial charge in [0.05, 0.1) is 17.6 Å². The first-order valence-corrected chi connectivity index (χ1v) is 8.84. The van der Waals surface area contributed by atoms with Crippen molar-refractivity contribution < 1.29 is 14.6 Å². The highest BCUT2D eigenvalue weighted by molar-refractivity contribution is 6.30. The lowest BCUT2D eigenvalue weighted by Crippen LogP contribution is -2.21. The minimum atomic E-state index is -1.25. The molecular weight excluding hydrogens is 374 g/mol. The predicted molar refractivity (Wildman–Crippen MR) is 106 cm³/mol. The quantitative estimate of drug-likeness (QED) is 0.465. The Morgan fingerprint density at radius 3 is 2.14 bits per heavy atom. The Morgan fingerprint density at radius 2 is 1.57 bits per heavy atom. The zero-order chi connectivity index (χ0) is 19.9. The summed E-state index contributed by atoms with van der Waals surface area (Å²) >= 11 is 5.87. The van der Waals surface area contributed by atoms with Crippen molar-refractivity contribution in [3.8, 4) is 11.8 Å². The van der Waals surface area contributed by atoms with Crippen molar-refractivity contribution in [1.29, 1.82) is 5.26 Å². The molecule has 0 saturated carbocycles. The number of hydrogen-bond acceptors (Lipinski definition) is 4. The average molecular weight is 389 g/mol. The van der Waals surface area contributed by atoms with E-state index >= 15 is 0 Å². The van der Waals surface area contributed by atoms with Gasteiger partial charge in [-0.3, -0.25) is 0 Å². The van der Waals surface area contributed by atoms with E-state index in [4.69, 9.17) is 16.3 Å². The van der Waals surface area contributed by atoms with Crippen molar-refractivity contribution in [2.45, 2.75) is 6.61 Å². The Balaban J connectivity index is 1.69. The van der Waals surface area contributed by atoms with Crippen molar-refractivity contribution in [3.05, 3.63) is 100 Å². The Hall–Kier alpha value is -3.55. The Kier molecular flexibility index (Phi) is 6.11. The number of carbonyl (C=O) groups is 1. The monoisotopic (exact) mass is 388 g/mol. The smallest absolute Gasteiger partial charge is 0.119 e. The van der Waals surface area contributed by atoms with Gasteiger partial charge in [-0.05, 0) is 52.6 Å². The van der Waals surface area contributed by atoms with Crippen LogP contribution in [0.25, 0.3) is 11.6 Å². The zero-order valence-corrected chi connectivity index (χ0v) is 15.5. The third kappa shape index (κ3) is 5.00. The van der Waals surface area contributed by atoms with Crippen LogP contribution < -0.4 is 9.84 Å². The summed E-state index contributed by atoms with van der Waals surface area (Å²) in [7, 11) is 0. The van der Waals surface area contributed by atoms with Crippen LogP contribution in [0.15, 0.2) is 72.8 Å².